The Morgan fingerprint density at radius 3 is 2.60 bits per heavy atom. The van der Waals surface area contributed by atoms with Crippen molar-refractivity contribution in [2.45, 2.75) is 19.9 Å². The van der Waals surface area contributed by atoms with Crippen molar-refractivity contribution >= 4 is 18.1 Å². The van der Waals surface area contributed by atoms with Gasteiger partial charge in [0, 0.05) is 13.6 Å². The number of hydrogen-bond donors (Lipinski definition) is 2. The number of aromatic amines is 2. The molecule has 1 amide bonds. The van der Waals surface area contributed by atoms with Gasteiger partial charge in [-0.25, -0.2) is 9.89 Å². The normalized spacial score (nSPS) is 12.5. The number of likely N-dealkylation sites (N-methyl/N-ethyl adjacent to an activating group) is 1. The first-order valence-corrected chi connectivity index (χ1v) is 5.04. The molecule has 0 aliphatic heterocycles. The molecule has 0 saturated heterocycles. The molecule has 84 valence electrons. The zero-order valence-corrected chi connectivity index (χ0v) is 9.72. The van der Waals surface area contributed by atoms with Gasteiger partial charge in [0.2, 0.25) is 5.91 Å². The standard InChI is InChI=1S/C8H14N4O2S/c1-4-11(3)6(13)5(2)12-7(14)9-10-8(12)15/h5H,4H2,1-3H3,(H,9,14)(H,10,15). The van der Waals surface area contributed by atoms with E-state index in [1.807, 2.05) is 6.92 Å². The quantitative estimate of drug-likeness (QED) is 0.732. The first kappa shape index (κ1) is 11.7. The summed E-state index contributed by atoms with van der Waals surface area (Å²) < 4.78 is 1.45. The maximum absolute atomic E-state index is 11.8. The molecular formula is C8H14N4O2S. The predicted molar refractivity (Wildman–Crippen MR) is 58.3 cm³/mol. The predicted octanol–water partition coefficient (Wildman–Crippen LogP) is 0.273. The molecule has 6 nitrogen and oxygen atoms in total. The minimum absolute atomic E-state index is 0.140. The van der Waals surface area contributed by atoms with E-state index in [1.54, 1.807) is 18.9 Å². The van der Waals surface area contributed by atoms with Gasteiger partial charge in [-0.15, -0.1) is 0 Å². The Hall–Kier alpha value is -1.37. The van der Waals surface area contributed by atoms with Crippen molar-refractivity contribution in [2.24, 2.45) is 0 Å². The van der Waals surface area contributed by atoms with Crippen molar-refractivity contribution in [1.29, 1.82) is 0 Å². The van der Waals surface area contributed by atoms with E-state index in [0.29, 0.717) is 6.54 Å². The topological polar surface area (TPSA) is 73.9 Å². The molecule has 0 bridgehead atoms. The molecule has 1 atom stereocenters. The molecule has 0 fully saturated rings. The van der Waals surface area contributed by atoms with Gasteiger partial charge in [-0.1, -0.05) is 0 Å². The minimum atomic E-state index is -0.586. The average Bonchev–Trinajstić information content (AvgIpc) is 2.55. The summed E-state index contributed by atoms with van der Waals surface area (Å²) in [5, 5.41) is 4.84. The Bertz CT molecular complexity index is 430. The second-order valence-corrected chi connectivity index (χ2v) is 3.65. The summed E-state index contributed by atoms with van der Waals surface area (Å²) in [6, 6.07) is -0.586. The number of nitrogens with zero attached hydrogens (tertiary/aromatic N) is 2. The zero-order valence-electron chi connectivity index (χ0n) is 8.90. The third-order valence-electron chi connectivity index (χ3n) is 2.31. The Morgan fingerprint density at radius 2 is 2.20 bits per heavy atom. The molecule has 0 aliphatic rings. The van der Waals surface area contributed by atoms with Gasteiger partial charge in [-0.3, -0.25) is 14.5 Å². The van der Waals surface area contributed by atoms with Gasteiger partial charge in [0.1, 0.15) is 6.04 Å². The second-order valence-electron chi connectivity index (χ2n) is 3.26. The summed E-state index contributed by atoms with van der Waals surface area (Å²) in [5.74, 6) is -0.140. The fraction of sp³-hybridized carbons (Fsp3) is 0.625. The van der Waals surface area contributed by atoms with Crippen LogP contribution in [-0.4, -0.2) is 39.2 Å². The second kappa shape index (κ2) is 4.43. The van der Waals surface area contributed by atoms with Crippen molar-refractivity contribution in [3.05, 3.63) is 15.3 Å². The van der Waals surface area contributed by atoms with Crippen LogP contribution in [0.2, 0.25) is 0 Å². The third kappa shape index (κ3) is 2.17. The fourth-order valence-corrected chi connectivity index (χ4v) is 1.55. The van der Waals surface area contributed by atoms with Gasteiger partial charge in [0.05, 0.1) is 0 Å². The number of carbonyl (C=O) groups is 1. The summed E-state index contributed by atoms with van der Waals surface area (Å²) in [7, 11) is 1.68. The van der Waals surface area contributed by atoms with Gasteiger partial charge < -0.3 is 4.90 Å². The first-order chi connectivity index (χ1) is 6.99. The minimum Gasteiger partial charge on any atom is -0.344 e. The maximum atomic E-state index is 11.8. The Balaban J connectivity index is 3.05. The molecule has 2 N–H and O–H groups in total. The van der Waals surface area contributed by atoms with Crippen molar-refractivity contribution in [3.8, 4) is 0 Å². The molecule has 1 rings (SSSR count). The van der Waals surface area contributed by atoms with E-state index in [1.165, 1.54) is 4.57 Å². The van der Waals surface area contributed by atoms with Gasteiger partial charge in [-0.2, -0.15) is 0 Å². The fourth-order valence-electron chi connectivity index (χ4n) is 1.26. The van der Waals surface area contributed by atoms with Crippen LogP contribution in [0.3, 0.4) is 0 Å². The summed E-state index contributed by atoms with van der Waals surface area (Å²) in [5.41, 5.74) is -0.398. The van der Waals surface area contributed by atoms with Crippen LogP contribution in [0.5, 0.6) is 0 Å². The van der Waals surface area contributed by atoms with E-state index in [4.69, 9.17) is 12.2 Å². The largest absolute Gasteiger partial charge is 0.344 e. The molecule has 0 aromatic carbocycles. The number of aromatic nitrogens is 3. The molecule has 1 heterocycles. The summed E-state index contributed by atoms with van der Waals surface area (Å²) in [6.07, 6.45) is 0. The van der Waals surface area contributed by atoms with Gasteiger partial charge in [0.25, 0.3) is 0 Å². The highest BCUT2D eigenvalue weighted by Crippen LogP contribution is 2.05. The van der Waals surface area contributed by atoms with Crippen LogP contribution < -0.4 is 5.69 Å². The van der Waals surface area contributed by atoms with Crippen LogP contribution in [0.15, 0.2) is 4.79 Å². The van der Waals surface area contributed by atoms with E-state index in [9.17, 15) is 9.59 Å². The Labute approximate surface area is 91.9 Å². The van der Waals surface area contributed by atoms with Crippen LogP contribution in [0.4, 0.5) is 0 Å². The zero-order chi connectivity index (χ0) is 11.6. The molecule has 7 heteroatoms. The lowest BCUT2D eigenvalue weighted by atomic mass is 10.3. The van der Waals surface area contributed by atoms with Crippen molar-refractivity contribution in [2.75, 3.05) is 13.6 Å². The highest BCUT2D eigenvalue weighted by atomic mass is 32.1. The highest BCUT2D eigenvalue weighted by molar-refractivity contribution is 7.71. The summed E-state index contributed by atoms with van der Waals surface area (Å²) in [4.78, 5) is 24.6. The lowest BCUT2D eigenvalue weighted by Gasteiger charge is -2.19. The molecule has 0 aliphatic carbocycles. The number of nitrogens with one attached hydrogen (secondary N) is 2. The number of H-pyrrole nitrogens is 2. The van der Waals surface area contributed by atoms with E-state index >= 15 is 0 Å². The number of carbonyl (C=O) groups excluding carboxylic acids is 1. The lowest BCUT2D eigenvalue weighted by molar-refractivity contribution is -0.132. The number of rotatable bonds is 3. The Morgan fingerprint density at radius 1 is 1.60 bits per heavy atom. The van der Waals surface area contributed by atoms with Crippen LogP contribution in [0.25, 0.3) is 0 Å². The molecule has 1 aromatic rings. The van der Waals surface area contributed by atoms with Gasteiger partial charge in [-0.05, 0) is 26.1 Å². The molecule has 0 spiro atoms. The van der Waals surface area contributed by atoms with E-state index in [2.05, 4.69) is 10.2 Å². The Kier molecular flexibility index (Phi) is 3.46. The van der Waals surface area contributed by atoms with Crippen LogP contribution >= 0.6 is 12.2 Å². The molecule has 15 heavy (non-hydrogen) atoms. The van der Waals surface area contributed by atoms with Gasteiger partial charge >= 0.3 is 5.69 Å². The lowest BCUT2D eigenvalue weighted by Crippen LogP contribution is -2.36. The number of hydrogen-bond acceptors (Lipinski definition) is 3. The van der Waals surface area contributed by atoms with Gasteiger partial charge in [0.15, 0.2) is 4.77 Å². The van der Waals surface area contributed by atoms with Crippen LogP contribution in [-0.2, 0) is 4.79 Å². The molecule has 1 unspecified atom stereocenters. The smallest absolute Gasteiger partial charge is 0.343 e. The van der Waals surface area contributed by atoms with Crippen LogP contribution in [0, 0.1) is 4.77 Å². The van der Waals surface area contributed by atoms with Crippen molar-refractivity contribution < 1.29 is 4.79 Å². The first-order valence-electron chi connectivity index (χ1n) is 4.63. The average molecular weight is 230 g/mol. The summed E-state index contributed by atoms with van der Waals surface area (Å²) >= 11 is 4.90. The maximum Gasteiger partial charge on any atom is 0.343 e. The van der Waals surface area contributed by atoms with Crippen LogP contribution in [0.1, 0.15) is 19.9 Å². The van der Waals surface area contributed by atoms with E-state index in [0.717, 1.165) is 0 Å². The molecule has 0 saturated carbocycles. The van der Waals surface area contributed by atoms with E-state index in [-0.39, 0.29) is 10.7 Å². The monoisotopic (exact) mass is 230 g/mol. The molecule has 0 radical (unpaired) electrons. The van der Waals surface area contributed by atoms with Crippen molar-refractivity contribution in [3.63, 3.8) is 0 Å². The number of amides is 1. The molecule has 1 aromatic heterocycles. The summed E-state index contributed by atoms with van der Waals surface area (Å²) in [6.45, 7) is 4.11. The highest BCUT2D eigenvalue weighted by Gasteiger charge is 2.20. The molecular weight excluding hydrogens is 216 g/mol. The van der Waals surface area contributed by atoms with Crippen molar-refractivity contribution in [1.82, 2.24) is 19.7 Å². The third-order valence-corrected chi connectivity index (χ3v) is 2.61. The van der Waals surface area contributed by atoms with E-state index < -0.39 is 11.7 Å². The SMILES string of the molecule is CCN(C)C(=O)C(C)n1c(=O)[nH][nH]c1=S.